The fourth-order valence-electron chi connectivity index (χ4n) is 4.77. The van der Waals surface area contributed by atoms with Crippen LogP contribution < -0.4 is 10.6 Å². The average molecular weight is 639 g/mol. The minimum atomic E-state index is -0.523. The van der Waals surface area contributed by atoms with Gasteiger partial charge in [0.1, 0.15) is 13.2 Å². The van der Waals surface area contributed by atoms with Crippen molar-refractivity contribution in [2.75, 3.05) is 65.4 Å². The summed E-state index contributed by atoms with van der Waals surface area (Å²) in [5, 5.41) is 5.90. The minimum absolute atomic E-state index is 0.110. The molecule has 0 radical (unpaired) electrons. The third-order valence-electron chi connectivity index (χ3n) is 7.67. The van der Waals surface area contributed by atoms with E-state index in [0.29, 0.717) is 13.1 Å². The van der Waals surface area contributed by atoms with Crippen LogP contribution in [0.15, 0.2) is 60.7 Å². The summed E-state index contributed by atoms with van der Waals surface area (Å²) >= 11 is 0. The van der Waals surface area contributed by atoms with Gasteiger partial charge in [0.05, 0.1) is 0 Å². The summed E-state index contributed by atoms with van der Waals surface area (Å²) in [5.41, 5.74) is 1.72. The van der Waals surface area contributed by atoms with E-state index in [1.807, 2.05) is 74.5 Å². The summed E-state index contributed by atoms with van der Waals surface area (Å²) in [6.45, 7) is 7.01. The number of carbonyl (C=O) groups excluding carboxylic acids is 4. The fraction of sp³-hybridized carbons (Fsp3) is 0.529. The molecular formula is C34H50N6O6. The van der Waals surface area contributed by atoms with Crippen molar-refractivity contribution in [2.45, 2.75) is 52.7 Å². The molecule has 1 aliphatic heterocycles. The van der Waals surface area contributed by atoms with Crippen molar-refractivity contribution < 1.29 is 28.7 Å². The van der Waals surface area contributed by atoms with Gasteiger partial charge in [0, 0.05) is 65.4 Å². The van der Waals surface area contributed by atoms with Gasteiger partial charge >= 0.3 is 24.2 Å². The Morgan fingerprint density at radius 2 is 0.870 bits per heavy atom. The quantitative estimate of drug-likeness (QED) is 0.357. The summed E-state index contributed by atoms with van der Waals surface area (Å²) in [4.78, 5) is 59.3. The van der Waals surface area contributed by atoms with Crippen LogP contribution >= 0.6 is 0 Å². The molecule has 1 aliphatic rings. The molecular weight excluding hydrogens is 588 g/mol. The molecule has 0 saturated carbocycles. The van der Waals surface area contributed by atoms with Gasteiger partial charge in [-0.05, 0) is 24.0 Å². The Bertz CT molecular complexity index is 1090. The molecule has 2 N–H and O–H groups in total. The van der Waals surface area contributed by atoms with E-state index in [0.717, 1.165) is 36.8 Å². The monoisotopic (exact) mass is 638 g/mol. The number of benzene rings is 2. The number of carbonyl (C=O) groups is 4. The van der Waals surface area contributed by atoms with Gasteiger partial charge in [0.25, 0.3) is 0 Å². The first-order valence-corrected chi connectivity index (χ1v) is 16.4. The number of rotatable bonds is 10. The normalized spacial score (nSPS) is 14.5. The van der Waals surface area contributed by atoms with Crippen LogP contribution in [0.5, 0.6) is 0 Å². The molecule has 1 fully saturated rings. The zero-order valence-corrected chi connectivity index (χ0v) is 27.3. The van der Waals surface area contributed by atoms with Gasteiger partial charge in [-0.2, -0.15) is 0 Å². The number of hydrogen-bond donors (Lipinski definition) is 2. The van der Waals surface area contributed by atoms with Gasteiger partial charge in [-0.1, -0.05) is 87.4 Å². The van der Waals surface area contributed by atoms with Gasteiger partial charge in [-0.25, -0.2) is 19.2 Å². The highest BCUT2D eigenvalue weighted by atomic mass is 16.6. The van der Waals surface area contributed by atoms with Gasteiger partial charge in [-0.3, -0.25) is 0 Å². The van der Waals surface area contributed by atoms with Crippen molar-refractivity contribution in [3.05, 3.63) is 71.8 Å². The Balaban J connectivity index is 1.78. The van der Waals surface area contributed by atoms with Crippen LogP contribution in [-0.2, 0) is 22.7 Å². The highest BCUT2D eigenvalue weighted by Gasteiger charge is 2.26. The van der Waals surface area contributed by atoms with E-state index < -0.39 is 12.2 Å². The molecule has 12 heteroatoms. The van der Waals surface area contributed by atoms with Gasteiger partial charge in [0.2, 0.25) is 0 Å². The van der Waals surface area contributed by atoms with Crippen molar-refractivity contribution >= 4 is 24.2 Å². The van der Waals surface area contributed by atoms with Crippen molar-refractivity contribution in [3.8, 4) is 0 Å². The van der Waals surface area contributed by atoms with Crippen LogP contribution in [0.25, 0.3) is 0 Å². The molecule has 0 spiro atoms. The number of nitrogens with zero attached hydrogens (tertiary/aromatic N) is 4. The van der Waals surface area contributed by atoms with Crippen LogP contribution in [0.1, 0.15) is 50.7 Å². The smallest absolute Gasteiger partial charge is 0.410 e. The molecule has 2 aromatic rings. The van der Waals surface area contributed by atoms with E-state index in [4.69, 9.17) is 9.47 Å². The van der Waals surface area contributed by atoms with Crippen molar-refractivity contribution in [3.63, 3.8) is 0 Å². The SMILES string of the molecule is CCCCNC(=O)N1CCN(C(=O)OCc2ccccc2)CCN(C(=O)NCCCC)CCN(C(=O)OCc2ccccc2)CC1. The van der Waals surface area contributed by atoms with Crippen molar-refractivity contribution in [1.82, 2.24) is 30.2 Å². The lowest BCUT2D eigenvalue weighted by Crippen LogP contribution is -2.53. The number of urea groups is 2. The lowest BCUT2D eigenvalue weighted by atomic mass is 10.2. The molecule has 46 heavy (non-hydrogen) atoms. The molecule has 0 aliphatic carbocycles. The molecule has 252 valence electrons. The summed E-state index contributed by atoms with van der Waals surface area (Å²) < 4.78 is 11.3. The highest BCUT2D eigenvalue weighted by Crippen LogP contribution is 2.09. The third-order valence-corrected chi connectivity index (χ3v) is 7.67. The number of nitrogens with one attached hydrogen (secondary N) is 2. The molecule has 2 aromatic carbocycles. The number of hydrogen-bond acceptors (Lipinski definition) is 6. The molecule has 0 bridgehead atoms. The second kappa shape index (κ2) is 20.5. The lowest BCUT2D eigenvalue weighted by molar-refractivity contribution is 0.0771. The Morgan fingerprint density at radius 3 is 1.20 bits per heavy atom. The molecule has 1 saturated heterocycles. The Hall–Kier alpha value is -4.48. The summed E-state index contributed by atoms with van der Waals surface area (Å²) in [7, 11) is 0. The zero-order valence-electron chi connectivity index (χ0n) is 27.3. The Kier molecular flexibility index (Phi) is 16.1. The molecule has 0 unspecified atom stereocenters. The van der Waals surface area contributed by atoms with Crippen LogP contribution in [-0.4, -0.2) is 109 Å². The second-order valence-electron chi connectivity index (χ2n) is 11.2. The second-order valence-corrected chi connectivity index (χ2v) is 11.2. The van der Waals surface area contributed by atoms with Crippen molar-refractivity contribution in [2.24, 2.45) is 0 Å². The van der Waals surface area contributed by atoms with E-state index in [9.17, 15) is 19.2 Å². The predicted octanol–water partition coefficient (Wildman–Crippen LogP) is 4.90. The van der Waals surface area contributed by atoms with E-state index in [1.54, 1.807) is 9.80 Å². The molecule has 6 amide bonds. The molecule has 3 rings (SSSR count). The fourth-order valence-corrected chi connectivity index (χ4v) is 4.77. The van der Waals surface area contributed by atoms with Crippen LogP contribution in [0.2, 0.25) is 0 Å². The Morgan fingerprint density at radius 1 is 0.543 bits per heavy atom. The van der Waals surface area contributed by atoms with E-state index in [2.05, 4.69) is 10.6 Å². The van der Waals surface area contributed by atoms with Gasteiger partial charge < -0.3 is 39.7 Å². The van der Waals surface area contributed by atoms with E-state index in [-0.39, 0.29) is 77.6 Å². The van der Waals surface area contributed by atoms with Crippen molar-refractivity contribution in [1.29, 1.82) is 0 Å². The summed E-state index contributed by atoms with van der Waals surface area (Å²) in [6, 6.07) is 18.3. The highest BCUT2D eigenvalue weighted by molar-refractivity contribution is 5.75. The maximum atomic E-state index is 13.3. The first-order valence-electron chi connectivity index (χ1n) is 16.4. The minimum Gasteiger partial charge on any atom is -0.445 e. The standard InChI is InChI=1S/C34H50N6O6/c1-3-5-17-35-31(41)37-19-23-39(33(43)45-27-29-13-9-7-10-14-29)25-21-38(32(42)36-18-6-4-2)22-26-40(24-20-37)34(44)46-28-30-15-11-8-12-16-30/h7-16H,3-6,17-28H2,1-2H3,(H,35,41)(H,36,42). The summed E-state index contributed by atoms with van der Waals surface area (Å²) in [5.74, 6) is 0. The summed E-state index contributed by atoms with van der Waals surface area (Å²) in [6.07, 6.45) is 2.50. The lowest BCUT2D eigenvalue weighted by Gasteiger charge is -2.34. The van der Waals surface area contributed by atoms with Gasteiger partial charge in [0.15, 0.2) is 0 Å². The third kappa shape index (κ3) is 12.9. The maximum Gasteiger partial charge on any atom is 0.410 e. The van der Waals surface area contributed by atoms with Gasteiger partial charge in [-0.15, -0.1) is 0 Å². The van der Waals surface area contributed by atoms with E-state index in [1.165, 1.54) is 9.80 Å². The van der Waals surface area contributed by atoms with Crippen LogP contribution in [0.4, 0.5) is 19.2 Å². The maximum absolute atomic E-state index is 13.3. The largest absolute Gasteiger partial charge is 0.445 e. The van der Waals surface area contributed by atoms with Crippen LogP contribution in [0.3, 0.4) is 0 Å². The Labute approximate surface area is 273 Å². The average Bonchev–Trinajstić information content (AvgIpc) is 3.07. The molecule has 1 heterocycles. The first kappa shape index (κ1) is 36.0. The molecule has 0 atom stereocenters. The van der Waals surface area contributed by atoms with E-state index >= 15 is 0 Å². The number of amides is 6. The topological polar surface area (TPSA) is 124 Å². The van der Waals surface area contributed by atoms with Crippen LogP contribution in [0, 0.1) is 0 Å². The number of unbranched alkanes of at least 4 members (excludes halogenated alkanes) is 2. The first-order chi connectivity index (χ1) is 22.4. The number of ether oxygens (including phenoxy) is 2. The molecule has 0 aromatic heterocycles. The predicted molar refractivity (Wildman–Crippen MR) is 176 cm³/mol. The molecule has 12 nitrogen and oxygen atoms in total. The zero-order chi connectivity index (χ0) is 33.0.